The number of hydrogen-bond acceptors (Lipinski definition) is 6. The van der Waals surface area contributed by atoms with Gasteiger partial charge in [-0.1, -0.05) is 6.07 Å². The van der Waals surface area contributed by atoms with Gasteiger partial charge in [-0.15, -0.1) is 0 Å². The van der Waals surface area contributed by atoms with Crippen molar-refractivity contribution < 1.29 is 13.9 Å². The zero-order valence-corrected chi connectivity index (χ0v) is 17.5. The molecule has 4 rings (SSSR count). The van der Waals surface area contributed by atoms with E-state index < -0.39 is 5.41 Å². The maximum Gasteiger partial charge on any atom is 0.313 e. The van der Waals surface area contributed by atoms with Gasteiger partial charge in [0.25, 0.3) is 0 Å². The van der Waals surface area contributed by atoms with E-state index in [4.69, 9.17) is 9.15 Å². The van der Waals surface area contributed by atoms with Crippen molar-refractivity contribution in [1.29, 1.82) is 0 Å². The minimum absolute atomic E-state index is 0.0236. The van der Waals surface area contributed by atoms with Crippen LogP contribution in [0.1, 0.15) is 36.9 Å². The number of fused-ring (bicyclic) bond motifs is 1. The van der Waals surface area contributed by atoms with Crippen LogP contribution in [0.3, 0.4) is 0 Å². The Morgan fingerprint density at radius 3 is 2.86 bits per heavy atom. The van der Waals surface area contributed by atoms with Crippen LogP contribution in [0.15, 0.2) is 41.0 Å². The van der Waals surface area contributed by atoms with E-state index in [0.717, 1.165) is 69.3 Å². The van der Waals surface area contributed by atoms with Crippen LogP contribution in [0.2, 0.25) is 0 Å². The fourth-order valence-electron chi connectivity index (χ4n) is 5.03. The molecule has 0 radical (unpaired) electrons. The average Bonchev–Trinajstić information content (AvgIpc) is 3.27. The van der Waals surface area contributed by atoms with E-state index in [-0.39, 0.29) is 11.9 Å². The largest absolute Gasteiger partial charge is 0.468 e. The summed E-state index contributed by atoms with van der Waals surface area (Å²) in [6.45, 7) is 9.43. The molecule has 2 aromatic rings. The third-order valence-corrected chi connectivity index (χ3v) is 6.31. The molecule has 0 amide bonds. The smallest absolute Gasteiger partial charge is 0.313 e. The number of pyridine rings is 1. The molecule has 2 fully saturated rings. The number of furan rings is 1. The zero-order chi connectivity index (χ0) is 20.3. The standard InChI is InChI=1S/C23H31N3O3/c1-3-28-22(27)23-10-6-11-25(16-21-9-5-12-29-21)13-19(23)14-26(17-23)15-20-8-4-7-18(2)24-20/h4-5,7-9,12,19H,3,6,10-11,13-17H2,1-2H3/t19-,23-/m0/s1. The molecule has 0 N–H and O–H groups in total. The van der Waals surface area contributed by atoms with Crippen LogP contribution >= 0.6 is 0 Å². The Bertz CT molecular complexity index is 823. The van der Waals surface area contributed by atoms with E-state index in [1.807, 2.05) is 32.0 Å². The van der Waals surface area contributed by atoms with Gasteiger partial charge in [0, 0.05) is 37.8 Å². The van der Waals surface area contributed by atoms with Crippen LogP contribution in [0, 0.1) is 18.3 Å². The topological polar surface area (TPSA) is 58.8 Å². The van der Waals surface area contributed by atoms with Gasteiger partial charge in [-0.25, -0.2) is 0 Å². The Morgan fingerprint density at radius 1 is 1.24 bits per heavy atom. The van der Waals surface area contributed by atoms with E-state index in [1.165, 1.54) is 0 Å². The van der Waals surface area contributed by atoms with Crippen LogP contribution < -0.4 is 0 Å². The van der Waals surface area contributed by atoms with Crippen molar-refractivity contribution in [3.05, 3.63) is 53.7 Å². The molecule has 0 unspecified atom stereocenters. The molecule has 0 spiro atoms. The van der Waals surface area contributed by atoms with Gasteiger partial charge in [-0.2, -0.15) is 0 Å². The summed E-state index contributed by atoms with van der Waals surface area (Å²) in [5, 5.41) is 0. The van der Waals surface area contributed by atoms with Crippen LogP contribution in [-0.4, -0.2) is 53.5 Å². The Morgan fingerprint density at radius 2 is 2.10 bits per heavy atom. The normalized spacial score (nSPS) is 25.5. The van der Waals surface area contributed by atoms with Crippen LogP contribution in [-0.2, 0) is 22.6 Å². The second kappa shape index (κ2) is 8.67. The zero-order valence-electron chi connectivity index (χ0n) is 17.5. The van der Waals surface area contributed by atoms with Crippen LogP contribution in [0.4, 0.5) is 0 Å². The Hall–Kier alpha value is -2.18. The molecule has 2 saturated heterocycles. The first kappa shape index (κ1) is 20.1. The average molecular weight is 398 g/mol. The third kappa shape index (κ3) is 4.38. The Labute approximate surface area is 172 Å². The number of carbonyl (C=O) groups is 1. The van der Waals surface area contributed by atoms with Gasteiger partial charge in [-0.3, -0.25) is 19.6 Å². The highest BCUT2D eigenvalue weighted by molar-refractivity contribution is 5.78. The maximum atomic E-state index is 13.1. The summed E-state index contributed by atoms with van der Waals surface area (Å²) in [5.74, 6) is 1.21. The Kier molecular flexibility index (Phi) is 6.01. The first-order valence-corrected chi connectivity index (χ1v) is 10.7. The van der Waals surface area contributed by atoms with Crippen molar-refractivity contribution >= 4 is 5.97 Å². The molecule has 156 valence electrons. The minimum atomic E-state index is -0.419. The number of hydrogen-bond donors (Lipinski definition) is 0. The molecule has 0 aromatic carbocycles. The predicted molar refractivity (Wildman–Crippen MR) is 110 cm³/mol. The number of nitrogens with zero attached hydrogens (tertiary/aromatic N) is 3. The number of aromatic nitrogens is 1. The summed E-state index contributed by atoms with van der Waals surface area (Å²) in [5.41, 5.74) is 1.67. The fourth-order valence-corrected chi connectivity index (χ4v) is 5.03. The molecule has 29 heavy (non-hydrogen) atoms. The molecule has 6 nitrogen and oxygen atoms in total. The highest BCUT2D eigenvalue weighted by Crippen LogP contribution is 2.44. The quantitative estimate of drug-likeness (QED) is 0.698. The van der Waals surface area contributed by atoms with E-state index in [1.54, 1.807) is 6.26 Å². The second-order valence-electron chi connectivity index (χ2n) is 8.43. The number of aryl methyl sites for hydroxylation is 1. The molecule has 2 aromatic heterocycles. The van der Waals surface area contributed by atoms with E-state index in [0.29, 0.717) is 6.61 Å². The minimum Gasteiger partial charge on any atom is -0.468 e. The summed E-state index contributed by atoms with van der Waals surface area (Å²) in [6, 6.07) is 10.1. The summed E-state index contributed by atoms with van der Waals surface area (Å²) in [7, 11) is 0. The molecule has 0 bridgehead atoms. The molecular weight excluding hydrogens is 366 g/mol. The van der Waals surface area contributed by atoms with Gasteiger partial charge in [0.15, 0.2) is 0 Å². The monoisotopic (exact) mass is 397 g/mol. The van der Waals surface area contributed by atoms with Gasteiger partial charge < -0.3 is 9.15 Å². The number of ether oxygens (including phenoxy) is 1. The predicted octanol–water partition coefficient (Wildman–Crippen LogP) is 3.26. The van der Waals surface area contributed by atoms with Crippen molar-refractivity contribution in [2.24, 2.45) is 11.3 Å². The third-order valence-electron chi connectivity index (χ3n) is 6.31. The molecule has 0 aliphatic carbocycles. The lowest BCUT2D eigenvalue weighted by atomic mass is 9.75. The van der Waals surface area contributed by atoms with E-state index >= 15 is 0 Å². The lowest BCUT2D eigenvalue weighted by molar-refractivity contribution is -0.157. The highest BCUT2D eigenvalue weighted by atomic mass is 16.5. The lowest BCUT2D eigenvalue weighted by Gasteiger charge is -2.31. The Balaban J connectivity index is 1.53. The molecule has 2 atom stereocenters. The fraction of sp³-hybridized carbons (Fsp3) is 0.565. The molecule has 2 aliphatic heterocycles. The SMILES string of the molecule is CCOC(=O)[C@]12CCCN(Cc3ccco3)C[C@H]1CN(Cc1cccc(C)n1)C2. The molecular formula is C23H31N3O3. The highest BCUT2D eigenvalue weighted by Gasteiger charge is 2.54. The van der Waals surface area contributed by atoms with Crippen molar-refractivity contribution in [3.8, 4) is 0 Å². The molecule has 6 heteroatoms. The summed E-state index contributed by atoms with van der Waals surface area (Å²) in [6.07, 6.45) is 3.59. The first-order valence-electron chi connectivity index (χ1n) is 10.7. The molecule has 2 aliphatic rings. The van der Waals surface area contributed by atoms with Gasteiger partial charge in [0.1, 0.15) is 5.76 Å². The summed E-state index contributed by atoms with van der Waals surface area (Å²) >= 11 is 0. The van der Waals surface area contributed by atoms with E-state index in [2.05, 4.69) is 26.9 Å². The molecule has 4 heterocycles. The molecule has 0 saturated carbocycles. The van der Waals surface area contributed by atoms with Crippen LogP contribution in [0.5, 0.6) is 0 Å². The van der Waals surface area contributed by atoms with Gasteiger partial charge >= 0.3 is 5.97 Å². The van der Waals surface area contributed by atoms with Gasteiger partial charge in [-0.05, 0) is 57.5 Å². The number of rotatable bonds is 6. The first-order chi connectivity index (χ1) is 14.1. The van der Waals surface area contributed by atoms with Gasteiger partial charge in [0.05, 0.1) is 30.5 Å². The number of likely N-dealkylation sites (tertiary alicyclic amines) is 2. The number of esters is 1. The van der Waals surface area contributed by atoms with Crippen molar-refractivity contribution in [2.75, 3.05) is 32.8 Å². The van der Waals surface area contributed by atoms with E-state index in [9.17, 15) is 4.79 Å². The lowest BCUT2D eigenvalue weighted by Crippen LogP contribution is -2.42. The number of carbonyl (C=O) groups excluding carboxylic acids is 1. The van der Waals surface area contributed by atoms with Crippen molar-refractivity contribution in [1.82, 2.24) is 14.8 Å². The summed E-state index contributed by atoms with van der Waals surface area (Å²) < 4.78 is 11.1. The van der Waals surface area contributed by atoms with Gasteiger partial charge in [0.2, 0.25) is 0 Å². The van der Waals surface area contributed by atoms with Crippen molar-refractivity contribution in [3.63, 3.8) is 0 Å². The maximum absolute atomic E-state index is 13.1. The summed E-state index contributed by atoms with van der Waals surface area (Å²) in [4.78, 5) is 22.6. The second-order valence-corrected chi connectivity index (χ2v) is 8.43. The van der Waals surface area contributed by atoms with Crippen molar-refractivity contribution in [2.45, 2.75) is 39.8 Å². The van der Waals surface area contributed by atoms with Crippen LogP contribution in [0.25, 0.3) is 0 Å².